The van der Waals surface area contributed by atoms with Crippen LogP contribution in [-0.2, 0) is 24.7 Å². The second kappa shape index (κ2) is 15.8. The van der Waals surface area contributed by atoms with Crippen LogP contribution in [0.4, 0.5) is 10.1 Å². The van der Waals surface area contributed by atoms with Crippen molar-refractivity contribution in [1.82, 2.24) is 14.9 Å². The number of hydrogen-bond acceptors (Lipinski definition) is 5. The summed E-state index contributed by atoms with van der Waals surface area (Å²) in [6, 6.07) is 13.6. The zero-order valence-electron chi connectivity index (χ0n) is 31.6. The average Bonchev–Trinajstić information content (AvgIpc) is 3.75. The average molecular weight is 741 g/mol. The summed E-state index contributed by atoms with van der Waals surface area (Å²) in [5, 5.41) is 6.42. The normalized spacial score (nSPS) is 18.5. The number of amides is 2. The van der Waals surface area contributed by atoms with E-state index in [0.717, 1.165) is 62.6 Å². The quantitative estimate of drug-likeness (QED) is 0.142. The predicted molar refractivity (Wildman–Crippen MR) is 209 cm³/mol. The second-order valence-corrected chi connectivity index (χ2v) is 15.1. The highest BCUT2D eigenvalue weighted by Gasteiger charge is 2.37. The van der Waals surface area contributed by atoms with Crippen LogP contribution in [0.3, 0.4) is 0 Å². The number of halogens is 2. The summed E-state index contributed by atoms with van der Waals surface area (Å²) in [5.74, 6) is 0.545. The van der Waals surface area contributed by atoms with Gasteiger partial charge in [0.05, 0.1) is 17.8 Å². The molecule has 2 amide bonds. The zero-order valence-corrected chi connectivity index (χ0v) is 32.4. The summed E-state index contributed by atoms with van der Waals surface area (Å²) in [7, 11) is 3.29. The molecule has 53 heavy (non-hydrogen) atoms. The standard InChI is InChI=1S/C43H50ClFN4O4/c1-7-26(19-21-43(9-3)22-20-36(50)48-43)23-27-13-14-28-24-35(47-41(53-6)38(27)28)30-11-10-12-31(39(30)44)37-25(4)34(18-17-33(37)45)46-40(51)32-16-15-29(8-2)49(5)42(32)52/h10-12,15-18,24,26-27H,7-9,13-14,19-23H2,1-6H3,(H,46,51)(H,48,50)/t26?,27-,43-/m1/s1. The molecule has 1 unspecified atom stereocenters. The molecule has 4 aromatic rings. The molecule has 0 radical (unpaired) electrons. The molecular weight excluding hydrogens is 691 g/mol. The first-order valence-electron chi connectivity index (χ1n) is 18.9. The summed E-state index contributed by atoms with van der Waals surface area (Å²) >= 11 is 7.12. The Hall–Kier alpha value is -4.50. The van der Waals surface area contributed by atoms with Crippen LogP contribution in [0.15, 0.2) is 53.3 Å². The van der Waals surface area contributed by atoms with E-state index >= 15 is 4.39 Å². The molecule has 0 spiro atoms. The number of ether oxygens (including phenoxy) is 1. The second-order valence-electron chi connectivity index (χ2n) is 14.7. The van der Waals surface area contributed by atoms with Crippen molar-refractivity contribution >= 4 is 29.1 Å². The first-order valence-corrected chi connectivity index (χ1v) is 19.3. The Labute approximate surface area is 316 Å². The summed E-state index contributed by atoms with van der Waals surface area (Å²) in [5.41, 5.74) is 5.57. The molecule has 10 heteroatoms. The van der Waals surface area contributed by atoms with Gasteiger partial charge in [0.25, 0.3) is 11.5 Å². The van der Waals surface area contributed by atoms with Crippen molar-refractivity contribution in [3.8, 4) is 28.3 Å². The lowest BCUT2D eigenvalue weighted by Gasteiger charge is -2.30. The van der Waals surface area contributed by atoms with E-state index in [-0.39, 0.29) is 22.6 Å². The maximum absolute atomic E-state index is 15.7. The van der Waals surface area contributed by atoms with Gasteiger partial charge in [-0.15, -0.1) is 0 Å². The number of aryl methyl sites for hydroxylation is 2. The smallest absolute Gasteiger partial charge is 0.263 e. The third-order valence-electron chi connectivity index (χ3n) is 11.8. The van der Waals surface area contributed by atoms with Gasteiger partial charge in [0, 0.05) is 52.6 Å². The molecule has 0 bridgehead atoms. The van der Waals surface area contributed by atoms with E-state index in [2.05, 4.69) is 30.5 Å². The number of carbonyl (C=O) groups excluding carboxylic acids is 2. The Morgan fingerprint density at radius 1 is 1.13 bits per heavy atom. The first kappa shape index (κ1) is 38.2. The highest BCUT2D eigenvalue weighted by molar-refractivity contribution is 6.36. The van der Waals surface area contributed by atoms with E-state index in [1.54, 1.807) is 33.2 Å². The van der Waals surface area contributed by atoms with Crippen molar-refractivity contribution in [3.05, 3.63) is 97.7 Å². The van der Waals surface area contributed by atoms with Crippen LogP contribution in [0.5, 0.6) is 5.88 Å². The molecule has 3 atom stereocenters. The van der Waals surface area contributed by atoms with Gasteiger partial charge in [0.2, 0.25) is 11.8 Å². The number of rotatable bonds is 13. The minimum atomic E-state index is -0.570. The van der Waals surface area contributed by atoms with Gasteiger partial charge in [-0.1, -0.05) is 57.0 Å². The summed E-state index contributed by atoms with van der Waals surface area (Å²) in [4.78, 5) is 43.2. The lowest BCUT2D eigenvalue weighted by Crippen LogP contribution is -2.41. The molecule has 1 fully saturated rings. The molecule has 280 valence electrons. The fourth-order valence-corrected chi connectivity index (χ4v) is 8.78. The van der Waals surface area contributed by atoms with Gasteiger partial charge >= 0.3 is 0 Å². The van der Waals surface area contributed by atoms with Crippen molar-refractivity contribution in [2.75, 3.05) is 12.4 Å². The Bertz CT molecular complexity index is 2110. The number of hydrogen-bond donors (Lipinski definition) is 2. The van der Waals surface area contributed by atoms with Crippen LogP contribution in [-0.4, -0.2) is 34.0 Å². The van der Waals surface area contributed by atoms with Gasteiger partial charge in [-0.2, -0.15) is 0 Å². The van der Waals surface area contributed by atoms with Crippen molar-refractivity contribution < 1.29 is 18.7 Å². The van der Waals surface area contributed by atoms with Crippen molar-refractivity contribution in [1.29, 1.82) is 0 Å². The molecule has 2 aromatic carbocycles. The number of fused-ring (bicyclic) bond motifs is 1. The van der Waals surface area contributed by atoms with Crippen LogP contribution in [0.25, 0.3) is 22.4 Å². The number of pyridine rings is 2. The van der Waals surface area contributed by atoms with Gasteiger partial charge in [-0.25, -0.2) is 9.37 Å². The highest BCUT2D eigenvalue weighted by Crippen LogP contribution is 2.47. The molecule has 0 saturated carbocycles. The molecule has 2 N–H and O–H groups in total. The van der Waals surface area contributed by atoms with E-state index in [0.29, 0.717) is 63.7 Å². The van der Waals surface area contributed by atoms with Gasteiger partial charge in [0.15, 0.2) is 0 Å². The fraction of sp³-hybridized carbons (Fsp3) is 0.442. The van der Waals surface area contributed by atoms with Gasteiger partial charge in [-0.3, -0.25) is 14.4 Å². The lowest BCUT2D eigenvalue weighted by atomic mass is 9.81. The lowest BCUT2D eigenvalue weighted by molar-refractivity contribution is -0.119. The number of methoxy groups -OCH3 is 1. The van der Waals surface area contributed by atoms with Crippen molar-refractivity contribution in [3.63, 3.8) is 0 Å². The van der Waals surface area contributed by atoms with E-state index in [1.165, 1.54) is 28.3 Å². The minimum absolute atomic E-state index is 0.00281. The predicted octanol–water partition coefficient (Wildman–Crippen LogP) is 9.32. The van der Waals surface area contributed by atoms with E-state index < -0.39 is 17.3 Å². The number of aromatic nitrogens is 2. The number of nitrogens with one attached hydrogen (secondary N) is 2. The molecule has 3 heterocycles. The Morgan fingerprint density at radius 3 is 2.58 bits per heavy atom. The first-order chi connectivity index (χ1) is 25.4. The van der Waals surface area contributed by atoms with E-state index in [9.17, 15) is 14.4 Å². The Balaban J connectivity index is 1.26. The highest BCUT2D eigenvalue weighted by atomic mass is 35.5. The molecule has 6 rings (SSSR count). The molecule has 1 aliphatic heterocycles. The van der Waals surface area contributed by atoms with Gasteiger partial charge < -0.3 is 19.9 Å². The van der Waals surface area contributed by atoms with Gasteiger partial charge in [0.1, 0.15) is 11.4 Å². The summed E-state index contributed by atoms with van der Waals surface area (Å²) < 4.78 is 23.1. The van der Waals surface area contributed by atoms with Crippen molar-refractivity contribution in [2.24, 2.45) is 13.0 Å². The van der Waals surface area contributed by atoms with Crippen molar-refractivity contribution in [2.45, 2.75) is 103 Å². The third-order valence-corrected chi connectivity index (χ3v) is 12.2. The Morgan fingerprint density at radius 2 is 1.91 bits per heavy atom. The van der Waals surface area contributed by atoms with Crippen LogP contribution >= 0.6 is 11.6 Å². The number of benzene rings is 2. The largest absolute Gasteiger partial charge is 0.481 e. The number of anilines is 1. The zero-order chi connectivity index (χ0) is 38.0. The summed E-state index contributed by atoms with van der Waals surface area (Å²) in [6.07, 6.45) is 9.23. The minimum Gasteiger partial charge on any atom is -0.481 e. The van der Waals surface area contributed by atoms with Crippen LogP contribution in [0, 0.1) is 18.7 Å². The van der Waals surface area contributed by atoms with Crippen LogP contribution < -0.4 is 20.9 Å². The topological polar surface area (TPSA) is 102 Å². The van der Waals surface area contributed by atoms with Crippen LogP contribution in [0.2, 0.25) is 5.02 Å². The molecule has 1 aliphatic carbocycles. The molecule has 8 nitrogen and oxygen atoms in total. The SMILES string of the molecule is CCc1ccc(C(=O)Nc2ccc(F)c(-c3cccc(-c4cc5c(c(OC)n4)[C@@H](CC(CC)CC[C@]4(CC)CCC(=O)N4)CC5)c3Cl)c2C)c(=O)n1C. The maximum atomic E-state index is 15.7. The fourth-order valence-electron chi connectivity index (χ4n) is 8.46. The Kier molecular flexibility index (Phi) is 11.4. The number of carbonyl (C=O) groups is 2. The van der Waals surface area contributed by atoms with E-state index in [4.69, 9.17) is 21.3 Å². The van der Waals surface area contributed by atoms with E-state index in [1.807, 2.05) is 19.1 Å². The summed E-state index contributed by atoms with van der Waals surface area (Å²) in [6.45, 7) is 8.09. The van der Waals surface area contributed by atoms with Gasteiger partial charge in [-0.05, 0) is 112 Å². The molecule has 2 aromatic heterocycles. The van der Waals surface area contributed by atoms with Crippen LogP contribution in [0.1, 0.15) is 111 Å². The third kappa shape index (κ3) is 7.50. The number of nitrogens with zero attached hydrogens (tertiary/aromatic N) is 2. The monoisotopic (exact) mass is 740 g/mol. The maximum Gasteiger partial charge on any atom is 0.263 e. The molecule has 1 saturated heterocycles. The molecule has 2 aliphatic rings. The molecular formula is C43H50ClFN4O4.